The number of anilines is 1. The second-order valence-corrected chi connectivity index (χ2v) is 9.31. The highest BCUT2D eigenvalue weighted by Gasteiger charge is 2.49. The van der Waals surface area contributed by atoms with E-state index in [1.807, 2.05) is 25.1 Å². The molecule has 0 radical (unpaired) electrons. The van der Waals surface area contributed by atoms with Crippen LogP contribution in [0.4, 0.5) is 10.1 Å². The zero-order valence-corrected chi connectivity index (χ0v) is 21.3. The smallest absolute Gasteiger partial charge is 0.265 e. The Labute approximate surface area is 218 Å². The van der Waals surface area contributed by atoms with Crippen molar-refractivity contribution in [3.8, 4) is 11.1 Å². The number of carbonyl (C=O) groups is 1. The van der Waals surface area contributed by atoms with Crippen LogP contribution in [0.15, 0.2) is 79.4 Å². The van der Waals surface area contributed by atoms with Gasteiger partial charge in [0.25, 0.3) is 5.91 Å². The van der Waals surface area contributed by atoms with Crippen LogP contribution in [0.1, 0.15) is 31.4 Å². The number of carbonyl (C=O) groups excluding carboxylic acids is 1. The number of halogens is 3. The van der Waals surface area contributed by atoms with E-state index in [2.05, 4.69) is 10.1 Å². The topological polar surface area (TPSA) is 71.2 Å². The second kappa shape index (κ2) is 10.8. The Kier molecular flexibility index (Phi) is 7.73. The van der Waals surface area contributed by atoms with Crippen LogP contribution in [0, 0.1) is 5.82 Å². The standard InChI is InChI=1S/C27H25Cl2FN4O2/c1-3-7-25(34-17-31-16-32-34)27(36,26(35)33(2)24-13-11-20(28)15-22(24)29)19-10-12-21(23(30)14-19)18-8-5-4-6-9-18/h4-6,8-17,25,36H,3,7H2,1-2H3. The highest BCUT2D eigenvalue weighted by Crippen LogP contribution is 2.41. The largest absolute Gasteiger partial charge is 0.374 e. The van der Waals surface area contributed by atoms with E-state index in [0.717, 1.165) is 0 Å². The van der Waals surface area contributed by atoms with Crippen LogP contribution in [0.25, 0.3) is 11.1 Å². The van der Waals surface area contributed by atoms with Gasteiger partial charge in [-0.05, 0) is 41.8 Å². The van der Waals surface area contributed by atoms with Crippen molar-refractivity contribution >= 4 is 34.8 Å². The molecular formula is C27H25Cl2FN4O2. The Morgan fingerprint density at radius 3 is 2.50 bits per heavy atom. The van der Waals surface area contributed by atoms with Crippen LogP contribution >= 0.6 is 23.2 Å². The molecule has 0 spiro atoms. The third-order valence-corrected chi connectivity index (χ3v) is 6.73. The van der Waals surface area contributed by atoms with Crippen LogP contribution in [0.2, 0.25) is 10.0 Å². The molecule has 3 aromatic carbocycles. The van der Waals surface area contributed by atoms with Gasteiger partial charge in [0.2, 0.25) is 0 Å². The molecule has 0 aliphatic carbocycles. The maximum Gasteiger partial charge on any atom is 0.265 e. The number of benzene rings is 3. The Hall–Kier alpha value is -3.26. The molecule has 4 rings (SSSR count). The summed E-state index contributed by atoms with van der Waals surface area (Å²) < 4.78 is 16.9. The highest BCUT2D eigenvalue weighted by atomic mass is 35.5. The van der Waals surface area contributed by atoms with E-state index in [-0.39, 0.29) is 10.6 Å². The number of aromatic nitrogens is 3. The van der Waals surface area contributed by atoms with E-state index in [1.165, 1.54) is 41.4 Å². The van der Waals surface area contributed by atoms with Crippen molar-refractivity contribution in [1.82, 2.24) is 14.8 Å². The summed E-state index contributed by atoms with van der Waals surface area (Å²) in [6, 6.07) is 17.2. The number of amides is 1. The fraction of sp³-hybridized carbons (Fsp3) is 0.222. The monoisotopic (exact) mass is 526 g/mol. The van der Waals surface area contributed by atoms with Crippen molar-refractivity contribution in [2.75, 3.05) is 11.9 Å². The van der Waals surface area contributed by atoms with Crippen LogP contribution in [0.5, 0.6) is 0 Å². The molecule has 9 heteroatoms. The lowest BCUT2D eigenvalue weighted by Crippen LogP contribution is -2.51. The predicted molar refractivity (Wildman–Crippen MR) is 140 cm³/mol. The van der Waals surface area contributed by atoms with Gasteiger partial charge >= 0.3 is 0 Å². The fourth-order valence-electron chi connectivity index (χ4n) is 4.37. The molecule has 36 heavy (non-hydrogen) atoms. The number of aliphatic hydroxyl groups is 1. The van der Waals surface area contributed by atoms with E-state index in [9.17, 15) is 9.90 Å². The maximum absolute atomic E-state index is 15.4. The molecular weight excluding hydrogens is 502 g/mol. The summed E-state index contributed by atoms with van der Waals surface area (Å²) in [7, 11) is 1.50. The first-order chi connectivity index (χ1) is 17.3. The van der Waals surface area contributed by atoms with Gasteiger partial charge in [-0.1, -0.05) is 79.0 Å². The summed E-state index contributed by atoms with van der Waals surface area (Å²) in [5.74, 6) is -1.27. The zero-order chi connectivity index (χ0) is 25.9. The lowest BCUT2D eigenvalue weighted by Gasteiger charge is -2.38. The number of nitrogens with zero attached hydrogens (tertiary/aromatic N) is 4. The Balaban J connectivity index is 1.87. The SMILES string of the molecule is CCCC(n1cncn1)C(O)(C(=O)N(C)c1ccc(Cl)cc1Cl)c1ccc(-c2ccccc2)c(F)c1. The molecule has 2 atom stereocenters. The molecule has 0 fully saturated rings. The summed E-state index contributed by atoms with van der Waals surface area (Å²) in [6.45, 7) is 1.92. The van der Waals surface area contributed by atoms with Gasteiger partial charge < -0.3 is 10.0 Å². The van der Waals surface area contributed by atoms with Gasteiger partial charge in [0, 0.05) is 17.6 Å². The van der Waals surface area contributed by atoms with Gasteiger partial charge in [0.05, 0.1) is 16.8 Å². The molecule has 1 amide bonds. The summed E-state index contributed by atoms with van der Waals surface area (Å²) in [5, 5.41) is 17.1. The maximum atomic E-state index is 15.4. The highest BCUT2D eigenvalue weighted by molar-refractivity contribution is 6.36. The lowest BCUT2D eigenvalue weighted by molar-refractivity contribution is -0.144. The van der Waals surface area contributed by atoms with Gasteiger partial charge in [-0.2, -0.15) is 5.10 Å². The van der Waals surface area contributed by atoms with E-state index < -0.39 is 23.4 Å². The molecule has 1 aromatic heterocycles. The molecule has 0 saturated heterocycles. The molecule has 0 aliphatic heterocycles. The molecule has 2 unspecified atom stereocenters. The number of rotatable bonds is 8. The number of likely N-dealkylation sites (N-methyl/N-ethyl adjacent to an activating group) is 1. The van der Waals surface area contributed by atoms with E-state index >= 15 is 4.39 Å². The zero-order valence-electron chi connectivity index (χ0n) is 19.8. The molecule has 4 aromatic rings. The fourth-order valence-corrected chi connectivity index (χ4v) is 4.90. The Bertz CT molecular complexity index is 1350. The van der Waals surface area contributed by atoms with Crippen LogP contribution in [-0.2, 0) is 10.4 Å². The third-order valence-electron chi connectivity index (χ3n) is 6.20. The summed E-state index contributed by atoms with van der Waals surface area (Å²) >= 11 is 12.4. The van der Waals surface area contributed by atoms with Crippen LogP contribution in [0.3, 0.4) is 0 Å². The minimum Gasteiger partial charge on any atom is -0.374 e. The molecule has 0 bridgehead atoms. The quantitative estimate of drug-likeness (QED) is 0.293. The lowest BCUT2D eigenvalue weighted by atomic mass is 9.81. The minimum atomic E-state index is -2.20. The average molecular weight is 527 g/mol. The molecule has 0 saturated carbocycles. The van der Waals surface area contributed by atoms with Crippen molar-refractivity contribution in [3.63, 3.8) is 0 Å². The molecule has 1 N–H and O–H groups in total. The van der Waals surface area contributed by atoms with Gasteiger partial charge in [0.1, 0.15) is 18.5 Å². The summed E-state index contributed by atoms with van der Waals surface area (Å²) in [5.41, 5.74) is -0.716. The van der Waals surface area contributed by atoms with Crippen molar-refractivity contribution in [3.05, 3.63) is 101 Å². The molecule has 6 nitrogen and oxygen atoms in total. The average Bonchev–Trinajstić information content (AvgIpc) is 3.41. The predicted octanol–water partition coefficient (Wildman–Crippen LogP) is 6.28. The van der Waals surface area contributed by atoms with Crippen molar-refractivity contribution in [2.45, 2.75) is 31.4 Å². The van der Waals surface area contributed by atoms with E-state index in [1.54, 1.807) is 36.4 Å². The minimum absolute atomic E-state index is 0.0931. The first-order valence-corrected chi connectivity index (χ1v) is 12.2. The van der Waals surface area contributed by atoms with Crippen molar-refractivity contribution in [2.24, 2.45) is 0 Å². The normalized spacial score (nSPS) is 13.7. The van der Waals surface area contributed by atoms with Crippen LogP contribution < -0.4 is 4.90 Å². The second-order valence-electron chi connectivity index (χ2n) is 8.47. The van der Waals surface area contributed by atoms with Crippen LogP contribution in [-0.4, -0.2) is 32.8 Å². The summed E-state index contributed by atoms with van der Waals surface area (Å²) in [6.07, 6.45) is 3.75. The van der Waals surface area contributed by atoms with Crippen molar-refractivity contribution < 1.29 is 14.3 Å². The Morgan fingerprint density at radius 2 is 1.89 bits per heavy atom. The van der Waals surface area contributed by atoms with E-state index in [4.69, 9.17) is 23.2 Å². The first kappa shape index (κ1) is 25.8. The first-order valence-electron chi connectivity index (χ1n) is 11.4. The number of hydrogen-bond acceptors (Lipinski definition) is 4. The van der Waals surface area contributed by atoms with Gasteiger partial charge in [0.15, 0.2) is 5.60 Å². The Morgan fingerprint density at radius 1 is 1.14 bits per heavy atom. The van der Waals surface area contributed by atoms with Gasteiger partial charge in [-0.15, -0.1) is 0 Å². The van der Waals surface area contributed by atoms with Crippen molar-refractivity contribution in [1.29, 1.82) is 0 Å². The van der Waals surface area contributed by atoms with E-state index in [0.29, 0.717) is 34.7 Å². The molecule has 0 aliphatic rings. The number of hydrogen-bond donors (Lipinski definition) is 1. The van der Waals surface area contributed by atoms with Gasteiger partial charge in [-0.3, -0.25) is 4.79 Å². The van der Waals surface area contributed by atoms with Gasteiger partial charge in [-0.25, -0.2) is 14.1 Å². The molecule has 186 valence electrons. The molecule has 1 heterocycles. The third kappa shape index (κ3) is 4.87. The summed E-state index contributed by atoms with van der Waals surface area (Å²) in [4.78, 5) is 19.3.